The lowest BCUT2D eigenvalue weighted by atomic mass is 10.2. The van der Waals surface area contributed by atoms with Gasteiger partial charge in [-0.2, -0.15) is 0 Å². The number of allylic oxidation sites excluding steroid dienone is 1. The Labute approximate surface area is 77.5 Å². The zero-order valence-electron chi connectivity index (χ0n) is 8.68. The van der Waals surface area contributed by atoms with E-state index in [2.05, 4.69) is 25.3 Å². The SMILES string of the molecule is C=CCCCCCN(CC)CC. The van der Waals surface area contributed by atoms with Gasteiger partial charge in [0.2, 0.25) is 0 Å². The first kappa shape index (κ1) is 11.7. The average molecular weight is 169 g/mol. The molecule has 0 aliphatic heterocycles. The summed E-state index contributed by atoms with van der Waals surface area (Å²) in [6.45, 7) is 11.8. The highest BCUT2D eigenvalue weighted by Gasteiger charge is 1.96. The van der Waals surface area contributed by atoms with Crippen LogP contribution in [-0.4, -0.2) is 24.5 Å². The van der Waals surface area contributed by atoms with Crippen molar-refractivity contribution < 1.29 is 0 Å². The largest absolute Gasteiger partial charge is 0.304 e. The van der Waals surface area contributed by atoms with Gasteiger partial charge in [0.25, 0.3) is 0 Å². The predicted octanol–water partition coefficient (Wildman–Crippen LogP) is 3.07. The molecule has 1 nitrogen and oxygen atoms in total. The molecule has 0 radical (unpaired) electrons. The molecule has 0 rings (SSSR count). The van der Waals surface area contributed by atoms with Crippen LogP contribution in [-0.2, 0) is 0 Å². The maximum atomic E-state index is 3.72. The third-order valence-electron chi connectivity index (χ3n) is 2.28. The minimum absolute atomic E-state index is 1.18. The zero-order valence-corrected chi connectivity index (χ0v) is 8.68. The summed E-state index contributed by atoms with van der Waals surface area (Å²) >= 11 is 0. The van der Waals surface area contributed by atoms with Crippen LogP contribution in [0.15, 0.2) is 12.7 Å². The molecule has 0 fully saturated rings. The molecule has 0 N–H and O–H groups in total. The van der Waals surface area contributed by atoms with Crippen LogP contribution in [0.5, 0.6) is 0 Å². The minimum atomic E-state index is 1.18. The summed E-state index contributed by atoms with van der Waals surface area (Å²) in [7, 11) is 0. The quantitative estimate of drug-likeness (QED) is 0.399. The molecule has 1 heteroatoms. The lowest BCUT2D eigenvalue weighted by Crippen LogP contribution is -2.23. The molecule has 0 saturated carbocycles. The van der Waals surface area contributed by atoms with Crippen LogP contribution in [0.1, 0.15) is 39.5 Å². The van der Waals surface area contributed by atoms with Gasteiger partial charge >= 0.3 is 0 Å². The predicted molar refractivity (Wildman–Crippen MR) is 56.5 cm³/mol. The van der Waals surface area contributed by atoms with Crippen LogP contribution in [0.3, 0.4) is 0 Å². The highest BCUT2D eigenvalue weighted by molar-refractivity contribution is 4.65. The number of unbranched alkanes of at least 4 members (excludes halogenated alkanes) is 3. The lowest BCUT2D eigenvalue weighted by Gasteiger charge is -2.17. The van der Waals surface area contributed by atoms with Gasteiger partial charge in [-0.3, -0.25) is 0 Å². The van der Waals surface area contributed by atoms with Crippen molar-refractivity contribution >= 4 is 0 Å². The van der Waals surface area contributed by atoms with Gasteiger partial charge in [0, 0.05) is 0 Å². The summed E-state index contributed by atoms with van der Waals surface area (Å²) < 4.78 is 0. The van der Waals surface area contributed by atoms with Crippen molar-refractivity contribution in [2.75, 3.05) is 19.6 Å². The second-order valence-electron chi connectivity index (χ2n) is 3.16. The van der Waals surface area contributed by atoms with Crippen molar-refractivity contribution in [3.8, 4) is 0 Å². The van der Waals surface area contributed by atoms with E-state index in [4.69, 9.17) is 0 Å². The second kappa shape index (κ2) is 8.79. The Morgan fingerprint density at radius 1 is 1.08 bits per heavy atom. The van der Waals surface area contributed by atoms with Gasteiger partial charge in [-0.05, 0) is 38.9 Å². The molecular weight excluding hydrogens is 146 g/mol. The van der Waals surface area contributed by atoms with Crippen LogP contribution in [0.2, 0.25) is 0 Å². The maximum Gasteiger partial charge on any atom is -0.00190 e. The summed E-state index contributed by atoms with van der Waals surface area (Å²) in [5, 5.41) is 0. The fraction of sp³-hybridized carbons (Fsp3) is 0.818. The molecular formula is C11H23N. The summed E-state index contributed by atoms with van der Waals surface area (Å²) in [6, 6.07) is 0. The topological polar surface area (TPSA) is 3.24 Å². The fourth-order valence-electron chi connectivity index (χ4n) is 1.34. The highest BCUT2D eigenvalue weighted by Crippen LogP contribution is 2.01. The molecule has 0 aliphatic rings. The first-order valence-electron chi connectivity index (χ1n) is 5.18. The number of hydrogen-bond acceptors (Lipinski definition) is 1. The van der Waals surface area contributed by atoms with Gasteiger partial charge in [-0.25, -0.2) is 0 Å². The standard InChI is InChI=1S/C11H23N/c1-4-7-8-9-10-11-12(5-2)6-3/h4H,1,5-11H2,2-3H3. The molecule has 0 aromatic heterocycles. The summed E-state index contributed by atoms with van der Waals surface area (Å²) in [5.74, 6) is 0. The van der Waals surface area contributed by atoms with Crippen molar-refractivity contribution in [1.82, 2.24) is 4.90 Å². The average Bonchev–Trinajstić information content (AvgIpc) is 2.11. The number of rotatable bonds is 8. The van der Waals surface area contributed by atoms with Crippen LogP contribution < -0.4 is 0 Å². The molecule has 0 aromatic carbocycles. The van der Waals surface area contributed by atoms with Crippen LogP contribution in [0.25, 0.3) is 0 Å². The van der Waals surface area contributed by atoms with E-state index in [1.165, 1.54) is 45.3 Å². The fourth-order valence-corrected chi connectivity index (χ4v) is 1.34. The molecule has 0 aliphatic carbocycles. The molecule has 0 aromatic rings. The molecule has 0 amide bonds. The van der Waals surface area contributed by atoms with E-state index in [0.717, 1.165) is 0 Å². The van der Waals surface area contributed by atoms with Gasteiger partial charge in [0.1, 0.15) is 0 Å². The summed E-state index contributed by atoms with van der Waals surface area (Å²) in [4.78, 5) is 2.48. The van der Waals surface area contributed by atoms with Gasteiger partial charge in [0.15, 0.2) is 0 Å². The van der Waals surface area contributed by atoms with E-state index >= 15 is 0 Å². The Hall–Kier alpha value is -0.300. The molecule has 0 saturated heterocycles. The van der Waals surface area contributed by atoms with Gasteiger partial charge in [-0.15, -0.1) is 6.58 Å². The Balaban J connectivity index is 3.11. The van der Waals surface area contributed by atoms with Crippen molar-refractivity contribution in [1.29, 1.82) is 0 Å². The molecule has 12 heavy (non-hydrogen) atoms. The summed E-state index contributed by atoms with van der Waals surface area (Å²) in [5.41, 5.74) is 0. The first-order chi connectivity index (χ1) is 5.85. The van der Waals surface area contributed by atoms with Gasteiger partial charge < -0.3 is 4.90 Å². The van der Waals surface area contributed by atoms with E-state index in [1.807, 2.05) is 6.08 Å². The van der Waals surface area contributed by atoms with Gasteiger partial charge in [0.05, 0.1) is 0 Å². The third-order valence-corrected chi connectivity index (χ3v) is 2.28. The second-order valence-corrected chi connectivity index (χ2v) is 3.16. The van der Waals surface area contributed by atoms with E-state index in [0.29, 0.717) is 0 Å². The number of nitrogens with zero attached hydrogens (tertiary/aromatic N) is 1. The molecule has 0 unspecified atom stereocenters. The molecule has 72 valence electrons. The van der Waals surface area contributed by atoms with E-state index in [9.17, 15) is 0 Å². The molecule has 0 spiro atoms. The molecule has 0 bridgehead atoms. The summed E-state index contributed by atoms with van der Waals surface area (Å²) in [6.07, 6.45) is 7.19. The normalized spacial score (nSPS) is 10.6. The minimum Gasteiger partial charge on any atom is -0.304 e. The Morgan fingerprint density at radius 3 is 2.25 bits per heavy atom. The van der Waals surface area contributed by atoms with Crippen LogP contribution in [0, 0.1) is 0 Å². The van der Waals surface area contributed by atoms with Gasteiger partial charge in [-0.1, -0.05) is 26.3 Å². The third kappa shape index (κ3) is 6.41. The van der Waals surface area contributed by atoms with Crippen molar-refractivity contribution in [3.05, 3.63) is 12.7 Å². The monoisotopic (exact) mass is 169 g/mol. The Bertz CT molecular complexity index is 95.2. The van der Waals surface area contributed by atoms with Crippen LogP contribution >= 0.6 is 0 Å². The molecule has 0 heterocycles. The first-order valence-corrected chi connectivity index (χ1v) is 5.18. The Kier molecular flexibility index (Phi) is 8.57. The van der Waals surface area contributed by atoms with Crippen molar-refractivity contribution in [2.24, 2.45) is 0 Å². The number of hydrogen-bond donors (Lipinski definition) is 0. The lowest BCUT2D eigenvalue weighted by molar-refractivity contribution is 0.296. The molecule has 0 atom stereocenters. The zero-order chi connectivity index (χ0) is 9.23. The van der Waals surface area contributed by atoms with E-state index in [-0.39, 0.29) is 0 Å². The van der Waals surface area contributed by atoms with Crippen molar-refractivity contribution in [2.45, 2.75) is 39.5 Å². The maximum absolute atomic E-state index is 3.72. The smallest absolute Gasteiger partial charge is 0.00190 e. The van der Waals surface area contributed by atoms with E-state index in [1.54, 1.807) is 0 Å². The van der Waals surface area contributed by atoms with E-state index < -0.39 is 0 Å². The Morgan fingerprint density at radius 2 is 1.75 bits per heavy atom. The van der Waals surface area contributed by atoms with Crippen LogP contribution in [0.4, 0.5) is 0 Å². The highest BCUT2D eigenvalue weighted by atomic mass is 15.1. The van der Waals surface area contributed by atoms with Crippen molar-refractivity contribution in [3.63, 3.8) is 0 Å².